The molecule has 0 radical (unpaired) electrons. The van der Waals surface area contributed by atoms with Crippen LogP contribution in [0.3, 0.4) is 0 Å². The molecule has 0 N–H and O–H groups in total. The first-order chi connectivity index (χ1) is 52.5. The second-order valence-electron chi connectivity index (χ2n) is 27.3. The average Bonchev–Trinajstić information content (AvgIpc) is 0.707. The summed E-state index contributed by atoms with van der Waals surface area (Å²) in [6.45, 7) is -0.683. The summed E-state index contributed by atoms with van der Waals surface area (Å²) in [5.74, 6) is -1.34. The molecule has 4 heterocycles. The van der Waals surface area contributed by atoms with Crippen molar-refractivity contribution in [3.05, 3.63) is 394 Å². The van der Waals surface area contributed by atoms with E-state index < -0.39 is 18.3 Å². The minimum Gasteiger partial charge on any atom is -0.311 e. The predicted octanol–water partition coefficient (Wildman–Crippen LogP) is 22.4. The standard InChI is InChI=1S/C96H63B2F2N5S/c99-68-55-56-88(81(100)57-68)105-89-63-93-80(98-78-48-24-30-54-87(78)104(85-52-28-22-46-76(85)67-37-13-4-14-38-67)92-60-72(61-94(106-93)96(92)98)102(70-41-17-6-18-42-70)83-50-26-20-44-74(83)65-33-9-2-10-34-65)62-79(89)97-77-47-23-29-53-86(77)103(84-51-27-21-45-75(84)66-35-11-3-12-36-66)90-58-71(59-91(105)95(90)97)101(69-39-15-5-16-40-69)82-49-25-19-43-73(82)64-31-7-1-8-32-64/h1-63H. The maximum atomic E-state index is 18.2. The highest BCUT2D eigenvalue weighted by atomic mass is 32.2. The predicted molar refractivity (Wildman–Crippen MR) is 441 cm³/mol. The van der Waals surface area contributed by atoms with E-state index in [1.165, 1.54) is 11.5 Å². The van der Waals surface area contributed by atoms with Gasteiger partial charge in [0.15, 0.2) is 0 Å². The summed E-state index contributed by atoms with van der Waals surface area (Å²) in [6, 6.07) is 135. The summed E-state index contributed by atoms with van der Waals surface area (Å²) >= 11 is 1.76. The van der Waals surface area contributed by atoms with Gasteiger partial charge in [-0.3, -0.25) is 0 Å². The molecule has 106 heavy (non-hydrogen) atoms. The van der Waals surface area contributed by atoms with E-state index in [1.54, 1.807) is 17.8 Å². The van der Waals surface area contributed by atoms with Gasteiger partial charge in [-0.2, -0.15) is 0 Å². The number of benzene rings is 16. The van der Waals surface area contributed by atoms with Gasteiger partial charge in [-0.05, 0) is 153 Å². The number of halogens is 2. The molecule has 0 spiro atoms. The largest absolute Gasteiger partial charge is 0.311 e. The van der Waals surface area contributed by atoms with Crippen molar-refractivity contribution in [2.45, 2.75) is 9.79 Å². The summed E-state index contributed by atoms with van der Waals surface area (Å²) in [4.78, 5) is 13.9. The summed E-state index contributed by atoms with van der Waals surface area (Å²) in [5.41, 5.74) is 28.9. The van der Waals surface area contributed by atoms with Crippen LogP contribution < -0.4 is 57.3 Å². The van der Waals surface area contributed by atoms with Crippen molar-refractivity contribution in [1.82, 2.24) is 0 Å². The minimum atomic E-state index is -0.681. The minimum absolute atomic E-state index is 0.226. The fourth-order valence-electron chi connectivity index (χ4n) is 16.9. The molecule has 0 fully saturated rings. The molecule has 0 unspecified atom stereocenters. The first-order valence-electron chi connectivity index (χ1n) is 36.0. The van der Waals surface area contributed by atoms with E-state index in [0.717, 1.165) is 167 Å². The normalized spacial score (nSPS) is 12.7. The third-order valence-corrected chi connectivity index (χ3v) is 22.5. The van der Waals surface area contributed by atoms with Gasteiger partial charge in [0.05, 0.1) is 34.1 Å². The number of rotatable bonds is 13. The Balaban J connectivity index is 0.881. The van der Waals surface area contributed by atoms with Crippen molar-refractivity contribution in [2.75, 3.05) is 24.5 Å². The van der Waals surface area contributed by atoms with E-state index in [0.29, 0.717) is 0 Å². The lowest BCUT2D eigenvalue weighted by atomic mass is 9.31. The highest BCUT2D eigenvalue weighted by Crippen LogP contribution is 2.54. The molecule has 0 saturated carbocycles. The molecular formula is C96H63B2F2N5S. The third kappa shape index (κ3) is 10.4. The van der Waals surface area contributed by atoms with E-state index in [4.69, 9.17) is 0 Å². The van der Waals surface area contributed by atoms with Crippen LogP contribution in [0, 0.1) is 11.6 Å². The van der Waals surface area contributed by atoms with Gasteiger partial charge in [0, 0.05) is 89.3 Å². The van der Waals surface area contributed by atoms with Crippen LogP contribution in [0.1, 0.15) is 0 Å². The van der Waals surface area contributed by atoms with E-state index in [1.807, 2.05) is 0 Å². The van der Waals surface area contributed by atoms with Gasteiger partial charge in [-0.1, -0.05) is 290 Å². The quantitative estimate of drug-likeness (QED) is 0.106. The first-order valence-corrected chi connectivity index (χ1v) is 36.8. The molecule has 4 aliphatic heterocycles. The molecule has 16 aromatic rings. The maximum Gasteiger partial charge on any atom is 0.252 e. The van der Waals surface area contributed by atoms with Crippen molar-refractivity contribution in [3.63, 3.8) is 0 Å². The molecule has 10 heteroatoms. The van der Waals surface area contributed by atoms with Crippen LogP contribution in [-0.4, -0.2) is 13.4 Å². The van der Waals surface area contributed by atoms with Crippen molar-refractivity contribution in [3.8, 4) is 44.5 Å². The Kier molecular flexibility index (Phi) is 15.3. The Morgan fingerprint density at radius 1 is 0.236 bits per heavy atom. The second-order valence-corrected chi connectivity index (χ2v) is 28.4. The van der Waals surface area contributed by atoms with Crippen molar-refractivity contribution >= 4 is 143 Å². The van der Waals surface area contributed by atoms with Gasteiger partial charge in [-0.15, -0.1) is 0 Å². The molecule has 0 saturated heterocycles. The van der Waals surface area contributed by atoms with Gasteiger partial charge in [0.25, 0.3) is 6.71 Å². The van der Waals surface area contributed by atoms with Gasteiger partial charge in [0.1, 0.15) is 11.6 Å². The number of hydrogen-bond donors (Lipinski definition) is 0. The van der Waals surface area contributed by atoms with Gasteiger partial charge >= 0.3 is 0 Å². The van der Waals surface area contributed by atoms with E-state index in [-0.39, 0.29) is 12.4 Å². The number of hydrogen-bond acceptors (Lipinski definition) is 6. The molecule has 4 aliphatic rings. The molecule has 498 valence electrons. The lowest BCUT2D eigenvalue weighted by molar-refractivity contribution is 0.584. The summed E-state index contributed by atoms with van der Waals surface area (Å²) in [5, 5.41) is 0. The van der Waals surface area contributed by atoms with E-state index >= 15 is 8.78 Å². The topological polar surface area (TPSA) is 16.2 Å². The fraction of sp³-hybridized carbons (Fsp3) is 0. The molecular weight excluding hydrogens is 1310 g/mol. The first kappa shape index (κ1) is 62.6. The average molecular weight is 1380 g/mol. The number of para-hydroxylation sites is 8. The Morgan fingerprint density at radius 2 is 0.604 bits per heavy atom. The van der Waals surface area contributed by atoms with E-state index in [9.17, 15) is 0 Å². The SMILES string of the molecule is Fc1ccc(N2c3cc4c(cc3B3c5ccccc5N(c5ccccc5-c5ccccc5)c5cc(N(c6ccccc6)c6ccccc6-c6ccccc6)cc2c53)B2c3ccccc3N(c3ccccc3-c3ccccc3)c3cc(N(c5ccccc5)c5ccccc5-c5ccccc5)cc(c32)S4)c(F)c1. The molecule has 20 rings (SSSR count). The van der Waals surface area contributed by atoms with Gasteiger partial charge in [-0.25, -0.2) is 8.78 Å². The zero-order valence-electron chi connectivity index (χ0n) is 57.4. The molecule has 0 bridgehead atoms. The monoisotopic (exact) mass is 1380 g/mol. The second kappa shape index (κ2) is 26.0. The van der Waals surface area contributed by atoms with Crippen LogP contribution >= 0.6 is 11.8 Å². The molecule has 0 atom stereocenters. The number of nitrogens with zero attached hydrogens (tertiary/aromatic N) is 5. The third-order valence-electron chi connectivity index (χ3n) is 21.4. The number of anilines is 15. The summed E-state index contributed by atoms with van der Waals surface area (Å²) < 4.78 is 34.2. The highest BCUT2D eigenvalue weighted by Gasteiger charge is 2.48. The Morgan fingerprint density at radius 3 is 1.08 bits per heavy atom. The van der Waals surface area contributed by atoms with Crippen molar-refractivity contribution < 1.29 is 8.78 Å². The van der Waals surface area contributed by atoms with Crippen LogP contribution in [0.4, 0.5) is 94.1 Å². The maximum absolute atomic E-state index is 18.2. The Labute approximate surface area is 620 Å². The molecule has 16 aromatic carbocycles. The Bertz CT molecular complexity index is 6090. The fourth-order valence-corrected chi connectivity index (χ4v) is 18.2. The lowest BCUT2D eigenvalue weighted by Crippen LogP contribution is -2.64. The summed E-state index contributed by atoms with van der Waals surface area (Å²) in [6.07, 6.45) is 0. The van der Waals surface area contributed by atoms with E-state index in [2.05, 4.69) is 388 Å². The molecule has 5 nitrogen and oxygen atoms in total. The van der Waals surface area contributed by atoms with Crippen LogP contribution in [0.15, 0.2) is 392 Å². The molecule has 0 aliphatic carbocycles. The van der Waals surface area contributed by atoms with Crippen LogP contribution in [0.25, 0.3) is 44.5 Å². The smallest absolute Gasteiger partial charge is 0.252 e. The lowest BCUT2D eigenvalue weighted by Gasteiger charge is -2.46. The van der Waals surface area contributed by atoms with Crippen LogP contribution in [0.5, 0.6) is 0 Å². The number of fused-ring (bicyclic) bond motifs is 8. The Hall–Kier alpha value is -13.1. The molecule has 0 amide bonds. The van der Waals surface area contributed by atoms with Crippen LogP contribution in [0.2, 0.25) is 0 Å². The van der Waals surface area contributed by atoms with Crippen LogP contribution in [-0.2, 0) is 0 Å². The van der Waals surface area contributed by atoms with Crippen molar-refractivity contribution in [2.24, 2.45) is 0 Å². The highest BCUT2D eigenvalue weighted by molar-refractivity contribution is 8.00. The van der Waals surface area contributed by atoms with Gasteiger partial charge in [0.2, 0.25) is 6.71 Å². The summed E-state index contributed by atoms with van der Waals surface area (Å²) in [7, 11) is 0. The molecule has 0 aromatic heterocycles. The zero-order chi connectivity index (χ0) is 70.3. The zero-order valence-corrected chi connectivity index (χ0v) is 58.2. The van der Waals surface area contributed by atoms with Gasteiger partial charge < -0.3 is 24.5 Å². The van der Waals surface area contributed by atoms with Crippen molar-refractivity contribution in [1.29, 1.82) is 0 Å².